The van der Waals surface area contributed by atoms with E-state index in [1.54, 1.807) is 17.9 Å². The molecule has 248 valence electrons. The molecule has 5 heterocycles. The Kier molecular flexibility index (Phi) is 9.95. The third kappa shape index (κ3) is 6.15. The van der Waals surface area contributed by atoms with E-state index in [1.165, 1.54) is 4.90 Å². The number of ether oxygens (including phenoxy) is 3. The zero-order chi connectivity index (χ0) is 32.4. The van der Waals surface area contributed by atoms with Gasteiger partial charge in [0.25, 0.3) is 0 Å². The fraction of sp³-hybridized carbons (Fsp3) is 0.576. The van der Waals surface area contributed by atoms with Crippen molar-refractivity contribution in [2.45, 2.75) is 49.7 Å². The standard InChI is InChI=1S/C33H41BrN4O8/c1-21(20-39)38-29-31(42)37(13-12-36-14-16-44-17-15-36)11-7-3-6-10-25(40)35-19-24(22-8-4-2-5-9-22)45-32(43)26-27(30(38)41)33(29)18-23(34)28(26)46-33/h2-5,7-9,18,21,24,26-29,39H,6,10-17,19-20H2,1H3,(H,35,40)/b7-3-/t21-,24-,26-,27+,28-,29-,33+/m1/s1. The van der Waals surface area contributed by atoms with Crippen molar-refractivity contribution in [1.29, 1.82) is 0 Å². The van der Waals surface area contributed by atoms with E-state index >= 15 is 0 Å². The molecule has 13 heteroatoms. The van der Waals surface area contributed by atoms with Gasteiger partial charge in [-0.2, -0.15) is 0 Å². The van der Waals surface area contributed by atoms with E-state index in [0.717, 1.165) is 13.1 Å². The number of nitrogens with zero attached hydrogens (tertiary/aromatic N) is 3. The summed E-state index contributed by atoms with van der Waals surface area (Å²) in [5.41, 5.74) is -0.740. The molecule has 3 fully saturated rings. The van der Waals surface area contributed by atoms with Gasteiger partial charge in [0, 0.05) is 43.6 Å². The number of cyclic esters (lactones) is 1. The molecule has 0 aliphatic carbocycles. The highest BCUT2D eigenvalue weighted by Gasteiger charge is 2.75. The van der Waals surface area contributed by atoms with Crippen LogP contribution < -0.4 is 5.32 Å². The van der Waals surface area contributed by atoms with Crippen molar-refractivity contribution in [1.82, 2.24) is 20.0 Å². The van der Waals surface area contributed by atoms with E-state index in [2.05, 4.69) is 26.1 Å². The van der Waals surface area contributed by atoms with Crippen molar-refractivity contribution in [3.63, 3.8) is 0 Å². The van der Waals surface area contributed by atoms with Crippen LogP contribution in [0.5, 0.6) is 0 Å². The lowest BCUT2D eigenvalue weighted by molar-refractivity contribution is -0.160. The third-order valence-electron chi connectivity index (χ3n) is 9.66. The Bertz CT molecular complexity index is 1380. The van der Waals surface area contributed by atoms with Gasteiger partial charge >= 0.3 is 5.97 Å². The Morgan fingerprint density at radius 2 is 1.83 bits per heavy atom. The summed E-state index contributed by atoms with van der Waals surface area (Å²) in [5, 5.41) is 13.1. The van der Waals surface area contributed by atoms with Crippen LogP contribution in [0.3, 0.4) is 0 Å². The molecular weight excluding hydrogens is 660 g/mol. The number of hydrogen-bond acceptors (Lipinski definition) is 9. The molecule has 0 aromatic heterocycles. The first kappa shape index (κ1) is 32.8. The SMILES string of the molecule is C[C@H](CO)N1C(=O)[C@@H]2[C@H]3C(=O)O[C@@H](c4ccccc4)CNC(=O)CC/C=C\CN(CCN4CCOCC4)C(=O)[C@@H]1[C@]21C=C(Br)[C@H]3O1. The summed E-state index contributed by atoms with van der Waals surface area (Å²) in [5.74, 6) is -3.69. The largest absolute Gasteiger partial charge is 0.455 e. The number of allylic oxidation sites excluding steroid dienone is 1. The summed E-state index contributed by atoms with van der Waals surface area (Å²) in [4.78, 5) is 61.3. The van der Waals surface area contributed by atoms with Crippen LogP contribution in [0, 0.1) is 11.8 Å². The maximum Gasteiger partial charge on any atom is 0.313 e. The smallest absolute Gasteiger partial charge is 0.313 e. The van der Waals surface area contributed by atoms with Crippen LogP contribution in [0.15, 0.2) is 53.0 Å². The quantitative estimate of drug-likeness (QED) is 0.331. The summed E-state index contributed by atoms with van der Waals surface area (Å²) >= 11 is 3.57. The predicted octanol–water partition coefficient (Wildman–Crippen LogP) is 1.15. The Labute approximate surface area is 276 Å². The van der Waals surface area contributed by atoms with Gasteiger partial charge in [-0.05, 0) is 25.0 Å². The maximum atomic E-state index is 14.7. The minimum Gasteiger partial charge on any atom is -0.455 e. The van der Waals surface area contributed by atoms with Crippen LogP contribution in [-0.2, 0) is 33.4 Å². The number of aliphatic hydroxyl groups is 1. The molecule has 3 amide bonds. The molecule has 46 heavy (non-hydrogen) atoms. The first-order chi connectivity index (χ1) is 22.2. The average Bonchev–Trinajstić information content (AvgIpc) is 3.67. The zero-order valence-electron chi connectivity index (χ0n) is 25.9. The van der Waals surface area contributed by atoms with Gasteiger partial charge in [0.1, 0.15) is 29.8 Å². The lowest BCUT2D eigenvalue weighted by Crippen LogP contribution is -2.58. The second-order valence-electron chi connectivity index (χ2n) is 12.5. The van der Waals surface area contributed by atoms with Gasteiger partial charge in [0.2, 0.25) is 17.7 Å². The average molecular weight is 702 g/mol. The molecule has 0 unspecified atom stereocenters. The summed E-state index contributed by atoms with van der Waals surface area (Å²) in [6.07, 6.45) is 4.56. The van der Waals surface area contributed by atoms with Gasteiger partial charge in [-0.3, -0.25) is 24.1 Å². The van der Waals surface area contributed by atoms with E-state index in [0.29, 0.717) is 42.8 Å². The minimum absolute atomic E-state index is 0.0570. The van der Waals surface area contributed by atoms with E-state index in [4.69, 9.17) is 14.2 Å². The van der Waals surface area contributed by atoms with Crippen LogP contribution >= 0.6 is 15.9 Å². The monoisotopic (exact) mass is 700 g/mol. The van der Waals surface area contributed by atoms with Gasteiger partial charge < -0.3 is 34.4 Å². The number of benzene rings is 1. The number of morpholine rings is 1. The number of aliphatic hydroxyl groups excluding tert-OH is 1. The highest BCUT2D eigenvalue weighted by atomic mass is 79.9. The molecule has 3 saturated heterocycles. The fourth-order valence-corrected chi connectivity index (χ4v) is 8.00. The molecule has 5 aliphatic heterocycles. The summed E-state index contributed by atoms with van der Waals surface area (Å²) in [6, 6.07) is 7.31. The first-order valence-electron chi connectivity index (χ1n) is 16.0. The van der Waals surface area contributed by atoms with E-state index < -0.39 is 53.6 Å². The van der Waals surface area contributed by atoms with Crippen molar-refractivity contribution < 1.29 is 38.5 Å². The molecule has 0 saturated carbocycles. The molecule has 7 atom stereocenters. The number of likely N-dealkylation sites (tertiary alicyclic amines) is 1. The Morgan fingerprint density at radius 1 is 1.07 bits per heavy atom. The molecule has 5 aliphatic rings. The summed E-state index contributed by atoms with van der Waals surface area (Å²) < 4.78 is 18.7. The van der Waals surface area contributed by atoms with Crippen molar-refractivity contribution in [2.75, 3.05) is 59.1 Å². The third-order valence-corrected chi connectivity index (χ3v) is 10.3. The molecule has 1 aromatic carbocycles. The van der Waals surface area contributed by atoms with Crippen LogP contribution in [0.25, 0.3) is 0 Å². The normalized spacial score (nSPS) is 33.8. The number of carbonyl (C=O) groups excluding carboxylic acids is 4. The summed E-state index contributed by atoms with van der Waals surface area (Å²) in [7, 11) is 0. The van der Waals surface area contributed by atoms with E-state index in [9.17, 15) is 24.3 Å². The fourth-order valence-electron chi connectivity index (χ4n) is 7.26. The van der Waals surface area contributed by atoms with Crippen molar-refractivity contribution in [3.8, 4) is 0 Å². The number of carbonyl (C=O) groups is 4. The highest BCUT2D eigenvalue weighted by Crippen LogP contribution is 2.59. The zero-order valence-corrected chi connectivity index (χ0v) is 27.5. The van der Waals surface area contributed by atoms with Gasteiger partial charge in [-0.1, -0.05) is 58.4 Å². The molecule has 12 nitrogen and oxygen atoms in total. The van der Waals surface area contributed by atoms with E-state index in [1.807, 2.05) is 42.5 Å². The van der Waals surface area contributed by atoms with Crippen LogP contribution in [-0.4, -0.2) is 126 Å². The number of rotatable bonds is 6. The lowest BCUT2D eigenvalue weighted by Gasteiger charge is -2.38. The predicted molar refractivity (Wildman–Crippen MR) is 169 cm³/mol. The van der Waals surface area contributed by atoms with Gasteiger partial charge in [0.05, 0.1) is 38.3 Å². The van der Waals surface area contributed by atoms with Crippen molar-refractivity contribution in [3.05, 3.63) is 58.6 Å². The minimum atomic E-state index is -1.43. The molecular formula is C33H41BrN4O8. The van der Waals surface area contributed by atoms with Crippen LogP contribution in [0.2, 0.25) is 0 Å². The molecule has 1 aromatic rings. The molecule has 1 spiro atoms. The molecule has 2 N–H and O–H groups in total. The number of esters is 1. The Hall–Kier alpha value is -3.10. The lowest BCUT2D eigenvalue weighted by atomic mass is 9.74. The second kappa shape index (κ2) is 13.9. The summed E-state index contributed by atoms with van der Waals surface area (Å²) in [6.45, 7) is 5.37. The number of nitrogens with one attached hydrogen (secondary N) is 1. The topological polar surface area (TPSA) is 138 Å². The van der Waals surface area contributed by atoms with Gasteiger partial charge in [-0.25, -0.2) is 0 Å². The van der Waals surface area contributed by atoms with Crippen molar-refractivity contribution in [2.24, 2.45) is 11.8 Å². The number of halogens is 1. The highest BCUT2D eigenvalue weighted by molar-refractivity contribution is 9.11. The number of amides is 3. The van der Waals surface area contributed by atoms with Crippen molar-refractivity contribution >= 4 is 39.6 Å². The molecule has 5 bridgehead atoms. The van der Waals surface area contributed by atoms with Crippen LogP contribution in [0.1, 0.15) is 31.4 Å². The Morgan fingerprint density at radius 3 is 2.57 bits per heavy atom. The number of hydrogen-bond donors (Lipinski definition) is 2. The maximum absolute atomic E-state index is 14.7. The number of fused-ring (bicyclic) bond motifs is 2. The Balaban J connectivity index is 1.38. The molecule has 0 radical (unpaired) electrons. The second-order valence-corrected chi connectivity index (χ2v) is 13.4. The van der Waals surface area contributed by atoms with Crippen LogP contribution in [0.4, 0.5) is 0 Å². The first-order valence-corrected chi connectivity index (χ1v) is 16.8. The van der Waals surface area contributed by atoms with E-state index in [-0.39, 0.29) is 37.9 Å². The van der Waals surface area contributed by atoms with Gasteiger partial charge in [-0.15, -0.1) is 0 Å². The van der Waals surface area contributed by atoms with Gasteiger partial charge in [0.15, 0.2) is 0 Å². The molecule has 6 rings (SSSR count).